The van der Waals surface area contributed by atoms with E-state index in [0.717, 1.165) is 0 Å². The average Bonchev–Trinajstić information content (AvgIpc) is 2.68. The van der Waals surface area contributed by atoms with E-state index in [2.05, 4.69) is 0 Å². The highest BCUT2D eigenvalue weighted by Gasteiger charge is 2.38. The van der Waals surface area contributed by atoms with Crippen LogP contribution in [-0.4, -0.2) is 9.13 Å². The van der Waals surface area contributed by atoms with Gasteiger partial charge in [0.15, 0.2) is 0 Å². The molecule has 0 aliphatic carbocycles. The second-order valence-electron chi connectivity index (χ2n) is 5.20. The van der Waals surface area contributed by atoms with Gasteiger partial charge in [-0.1, -0.05) is 72.8 Å². The smallest absolute Gasteiger partial charge is 0.285 e. The summed E-state index contributed by atoms with van der Waals surface area (Å²) in [5.74, 6) is 0. The third-order valence-corrected chi connectivity index (χ3v) is 10.1. The summed E-state index contributed by atoms with van der Waals surface area (Å²) >= 11 is 0. The van der Waals surface area contributed by atoms with Gasteiger partial charge in [0.25, 0.3) is 5.69 Å². The highest BCUT2D eigenvalue weighted by atomic mass is 32.8. The maximum atomic E-state index is 14.0. The van der Waals surface area contributed by atoms with Crippen LogP contribution >= 0.6 is 6.34 Å². The van der Waals surface area contributed by atoms with Crippen LogP contribution in [0.4, 0.5) is 5.69 Å². The molecule has 126 valence electrons. The minimum atomic E-state index is -3.64. The van der Waals surface area contributed by atoms with Crippen LogP contribution in [0.25, 0.3) is 0 Å². The molecular formula is C18H14NO4PS. The average molecular weight is 371 g/mol. The number of nitrogens with zero attached hydrogens (tertiary/aromatic N) is 1. The molecule has 3 aromatic carbocycles. The molecule has 0 fully saturated rings. The lowest BCUT2D eigenvalue weighted by Gasteiger charge is -2.18. The number of hydrogen-bond donors (Lipinski definition) is 0. The molecule has 0 aliphatic heterocycles. The van der Waals surface area contributed by atoms with Gasteiger partial charge in [-0.15, -0.1) is 0 Å². The number of nitro benzene ring substituents is 1. The van der Waals surface area contributed by atoms with Crippen LogP contribution in [0.5, 0.6) is 0 Å². The lowest BCUT2D eigenvalue weighted by atomic mass is 10.3. The largest absolute Gasteiger partial charge is 0.299 e. The number of para-hydroxylation sites is 1. The van der Waals surface area contributed by atoms with Gasteiger partial charge in [0.2, 0.25) is 6.34 Å². The minimum absolute atomic E-state index is 0.0384. The van der Waals surface area contributed by atoms with Crippen molar-refractivity contribution in [2.45, 2.75) is 4.90 Å². The van der Waals surface area contributed by atoms with Crippen LogP contribution in [-0.2, 0) is 15.0 Å². The highest BCUT2D eigenvalue weighted by molar-refractivity contribution is 8.54. The van der Waals surface area contributed by atoms with Gasteiger partial charge in [0.05, 0.1) is 4.92 Å². The van der Waals surface area contributed by atoms with E-state index in [-0.39, 0.29) is 10.6 Å². The number of rotatable bonds is 5. The first-order valence-corrected chi connectivity index (χ1v) is 10.9. The van der Waals surface area contributed by atoms with E-state index in [1.807, 2.05) is 0 Å². The first kappa shape index (κ1) is 17.3. The van der Waals surface area contributed by atoms with E-state index < -0.39 is 21.7 Å². The van der Waals surface area contributed by atoms with Crippen molar-refractivity contribution in [3.63, 3.8) is 0 Å². The zero-order valence-electron chi connectivity index (χ0n) is 13.0. The third-order valence-electron chi connectivity index (χ3n) is 3.68. The Balaban J connectivity index is 2.26. The molecule has 0 bridgehead atoms. The molecule has 0 amide bonds. The molecule has 0 aliphatic rings. The Hall–Kier alpha value is -2.56. The molecule has 0 heterocycles. The van der Waals surface area contributed by atoms with E-state index in [9.17, 15) is 18.9 Å². The molecule has 5 nitrogen and oxygen atoms in total. The van der Waals surface area contributed by atoms with Gasteiger partial charge in [-0.3, -0.25) is 14.7 Å². The maximum absolute atomic E-state index is 14.0. The molecule has 0 saturated heterocycles. The van der Waals surface area contributed by atoms with Crippen molar-refractivity contribution < 1.29 is 13.7 Å². The summed E-state index contributed by atoms with van der Waals surface area (Å²) in [5, 5.41) is 12.1. The van der Waals surface area contributed by atoms with E-state index >= 15 is 0 Å². The van der Waals surface area contributed by atoms with Gasteiger partial charge < -0.3 is 0 Å². The quantitative estimate of drug-likeness (QED) is 0.390. The molecule has 1 unspecified atom stereocenters. The van der Waals surface area contributed by atoms with E-state index in [0.29, 0.717) is 10.6 Å². The Morgan fingerprint density at radius 1 is 0.760 bits per heavy atom. The number of hydrogen-bond acceptors (Lipinski definition) is 4. The summed E-state index contributed by atoms with van der Waals surface area (Å²) in [5.41, 5.74) is -0.298. The zero-order chi connectivity index (χ0) is 17.9. The van der Waals surface area contributed by atoms with Crippen LogP contribution in [0.3, 0.4) is 0 Å². The molecule has 7 heteroatoms. The van der Waals surface area contributed by atoms with Crippen LogP contribution in [0, 0.1) is 10.1 Å². The van der Waals surface area contributed by atoms with Gasteiger partial charge in [-0.25, -0.2) is 4.21 Å². The molecule has 0 N–H and O–H groups in total. The molecule has 0 saturated carbocycles. The Kier molecular flexibility index (Phi) is 4.93. The summed E-state index contributed by atoms with van der Waals surface area (Å²) in [6.45, 7) is 0. The van der Waals surface area contributed by atoms with Crippen LogP contribution in [0.2, 0.25) is 0 Å². The maximum Gasteiger partial charge on any atom is 0.285 e. The fourth-order valence-electron chi connectivity index (χ4n) is 2.48. The lowest BCUT2D eigenvalue weighted by Crippen LogP contribution is -2.19. The fraction of sp³-hybridized carbons (Fsp3) is 0. The summed E-state index contributed by atoms with van der Waals surface area (Å²) in [7, 11) is -2.11. The minimum Gasteiger partial charge on any atom is -0.299 e. The summed E-state index contributed by atoms with van der Waals surface area (Å²) < 4.78 is 27.3. The molecule has 0 aromatic heterocycles. The van der Waals surface area contributed by atoms with Crippen molar-refractivity contribution in [2.24, 2.45) is 0 Å². The SMILES string of the molecule is O=[N+]([O-])c1ccccc1S(=O)P(=O)(c1ccccc1)c1ccccc1. The second-order valence-corrected chi connectivity index (χ2v) is 10.8. The van der Waals surface area contributed by atoms with Crippen molar-refractivity contribution in [1.82, 2.24) is 0 Å². The Morgan fingerprint density at radius 3 is 1.68 bits per heavy atom. The first-order chi connectivity index (χ1) is 12.0. The molecule has 0 radical (unpaired) electrons. The fourth-order valence-corrected chi connectivity index (χ4v) is 8.26. The van der Waals surface area contributed by atoms with Crippen molar-refractivity contribution in [3.05, 3.63) is 95.0 Å². The molecule has 25 heavy (non-hydrogen) atoms. The predicted molar refractivity (Wildman–Crippen MR) is 99.3 cm³/mol. The Morgan fingerprint density at radius 2 is 1.20 bits per heavy atom. The monoisotopic (exact) mass is 371 g/mol. The van der Waals surface area contributed by atoms with E-state index in [1.54, 1.807) is 66.7 Å². The van der Waals surface area contributed by atoms with E-state index in [4.69, 9.17) is 0 Å². The van der Waals surface area contributed by atoms with Crippen molar-refractivity contribution >= 4 is 33.1 Å². The Bertz CT molecular complexity index is 933. The predicted octanol–water partition coefficient (Wildman–Crippen LogP) is 3.63. The number of nitro groups is 1. The van der Waals surface area contributed by atoms with Gasteiger partial charge in [0.1, 0.15) is 15.3 Å². The van der Waals surface area contributed by atoms with Crippen molar-refractivity contribution in [2.75, 3.05) is 0 Å². The van der Waals surface area contributed by atoms with Gasteiger partial charge in [-0.05, 0) is 6.07 Å². The summed E-state index contributed by atoms with van der Waals surface area (Å²) in [4.78, 5) is 10.7. The van der Waals surface area contributed by atoms with Gasteiger partial charge in [-0.2, -0.15) is 0 Å². The standard InChI is InChI=1S/C18H14NO4PS/c20-19(21)17-13-7-8-14-18(17)25(23)24(22,15-9-3-1-4-10-15)16-11-5-2-6-12-16/h1-14H. The second kappa shape index (κ2) is 7.13. The van der Waals surface area contributed by atoms with Crippen molar-refractivity contribution in [3.8, 4) is 0 Å². The zero-order valence-corrected chi connectivity index (χ0v) is 14.7. The van der Waals surface area contributed by atoms with Crippen LogP contribution in [0.1, 0.15) is 0 Å². The van der Waals surface area contributed by atoms with Gasteiger partial charge in [0, 0.05) is 16.7 Å². The van der Waals surface area contributed by atoms with Crippen molar-refractivity contribution in [1.29, 1.82) is 0 Å². The molecule has 0 spiro atoms. The lowest BCUT2D eigenvalue weighted by molar-refractivity contribution is -0.387. The number of benzene rings is 3. The summed E-state index contributed by atoms with van der Waals surface area (Å²) in [6.07, 6.45) is -3.64. The summed E-state index contributed by atoms with van der Waals surface area (Å²) in [6, 6.07) is 22.7. The van der Waals surface area contributed by atoms with Crippen LogP contribution in [0.15, 0.2) is 89.8 Å². The highest BCUT2D eigenvalue weighted by Crippen LogP contribution is 2.51. The molecule has 3 aromatic rings. The first-order valence-electron chi connectivity index (χ1n) is 7.42. The third kappa shape index (κ3) is 3.18. The Labute approximate surface area is 147 Å². The van der Waals surface area contributed by atoms with Crippen LogP contribution < -0.4 is 10.6 Å². The van der Waals surface area contributed by atoms with E-state index in [1.165, 1.54) is 18.2 Å². The topological polar surface area (TPSA) is 77.3 Å². The molecular weight excluding hydrogens is 357 g/mol. The van der Waals surface area contributed by atoms with Gasteiger partial charge >= 0.3 is 0 Å². The molecule has 1 atom stereocenters. The molecule has 3 rings (SSSR count). The normalized spacial score (nSPS) is 12.5.